The summed E-state index contributed by atoms with van der Waals surface area (Å²) >= 11 is 0. The predicted octanol–water partition coefficient (Wildman–Crippen LogP) is 1.77. The molecule has 2 heterocycles. The summed E-state index contributed by atoms with van der Waals surface area (Å²) in [6, 6.07) is 1.73. The highest BCUT2D eigenvalue weighted by Gasteiger charge is 2.22. The molecule has 2 aromatic heterocycles. The molecule has 2 rings (SSSR count). The van der Waals surface area contributed by atoms with Crippen molar-refractivity contribution in [2.75, 3.05) is 0 Å². The van der Waals surface area contributed by atoms with Crippen molar-refractivity contribution in [1.29, 1.82) is 0 Å². The van der Waals surface area contributed by atoms with E-state index in [9.17, 15) is 4.79 Å². The first-order valence-corrected chi connectivity index (χ1v) is 5.35. The maximum Gasteiger partial charge on any atom is 0.250 e. The van der Waals surface area contributed by atoms with Crippen LogP contribution in [0.3, 0.4) is 0 Å². The molecule has 0 atom stereocenters. The van der Waals surface area contributed by atoms with Gasteiger partial charge in [-0.15, -0.1) is 0 Å². The molecule has 0 bridgehead atoms. The van der Waals surface area contributed by atoms with Gasteiger partial charge in [0.1, 0.15) is 0 Å². The maximum absolute atomic E-state index is 11.0. The Morgan fingerprint density at radius 3 is 2.35 bits per heavy atom. The lowest BCUT2D eigenvalue weighted by Gasteiger charge is -2.15. The number of nitrogens with zero attached hydrogens (tertiary/aromatic N) is 4. The molecule has 0 spiro atoms. The van der Waals surface area contributed by atoms with Crippen LogP contribution in [0.1, 0.15) is 36.8 Å². The lowest BCUT2D eigenvalue weighted by Crippen LogP contribution is -2.15. The molecule has 0 aliphatic carbocycles. The topological polar surface area (TPSA) is 60.7 Å². The van der Waals surface area contributed by atoms with E-state index in [1.54, 1.807) is 24.7 Å². The largest absolute Gasteiger partial charge is 0.298 e. The van der Waals surface area contributed by atoms with E-state index in [4.69, 9.17) is 0 Å². The van der Waals surface area contributed by atoms with Crippen molar-refractivity contribution < 1.29 is 4.79 Å². The lowest BCUT2D eigenvalue weighted by atomic mass is 9.90. The van der Waals surface area contributed by atoms with Crippen molar-refractivity contribution in [3.63, 3.8) is 0 Å². The minimum Gasteiger partial charge on any atom is -0.298 e. The van der Waals surface area contributed by atoms with E-state index in [0.29, 0.717) is 11.5 Å². The fourth-order valence-electron chi connectivity index (χ4n) is 1.57. The number of hydrogen-bond acceptors (Lipinski definition) is 4. The Morgan fingerprint density at radius 2 is 1.88 bits per heavy atom. The van der Waals surface area contributed by atoms with E-state index in [2.05, 4.69) is 15.1 Å². The van der Waals surface area contributed by atoms with E-state index in [1.165, 1.54) is 4.68 Å². The summed E-state index contributed by atoms with van der Waals surface area (Å²) in [6.07, 6.45) is 5.75. The van der Waals surface area contributed by atoms with Crippen molar-refractivity contribution in [3.8, 4) is 5.95 Å². The highest BCUT2D eigenvalue weighted by molar-refractivity contribution is 5.76. The zero-order valence-electron chi connectivity index (χ0n) is 10.1. The summed E-state index contributed by atoms with van der Waals surface area (Å²) in [5.74, 6) is 0.464. The van der Waals surface area contributed by atoms with Crippen LogP contribution in [0.15, 0.2) is 24.7 Å². The lowest BCUT2D eigenvalue weighted by molar-refractivity contribution is 0.112. The third-order valence-electron chi connectivity index (χ3n) is 2.34. The van der Waals surface area contributed by atoms with E-state index in [1.807, 2.05) is 20.8 Å². The van der Waals surface area contributed by atoms with Gasteiger partial charge in [-0.3, -0.25) is 4.79 Å². The normalized spacial score (nSPS) is 11.5. The minimum absolute atomic E-state index is 0.184. The Balaban J connectivity index is 2.53. The van der Waals surface area contributed by atoms with Crippen LogP contribution in [0.4, 0.5) is 0 Å². The summed E-state index contributed by atoms with van der Waals surface area (Å²) in [4.78, 5) is 19.2. The average Bonchev–Trinajstić information content (AvgIpc) is 2.74. The van der Waals surface area contributed by atoms with Crippen LogP contribution in [-0.4, -0.2) is 26.0 Å². The van der Waals surface area contributed by atoms with Gasteiger partial charge in [0.05, 0.1) is 11.3 Å². The maximum atomic E-state index is 11.0. The minimum atomic E-state index is -0.184. The van der Waals surface area contributed by atoms with Crippen molar-refractivity contribution in [3.05, 3.63) is 35.9 Å². The van der Waals surface area contributed by atoms with Crippen LogP contribution < -0.4 is 0 Å². The van der Waals surface area contributed by atoms with Crippen LogP contribution in [0.2, 0.25) is 0 Å². The van der Waals surface area contributed by atoms with Crippen LogP contribution in [0.5, 0.6) is 0 Å². The predicted molar refractivity (Wildman–Crippen MR) is 63.2 cm³/mol. The first-order valence-electron chi connectivity index (χ1n) is 5.35. The van der Waals surface area contributed by atoms with Gasteiger partial charge in [-0.05, 0) is 6.07 Å². The fraction of sp³-hybridized carbons (Fsp3) is 0.333. The van der Waals surface area contributed by atoms with E-state index >= 15 is 0 Å². The van der Waals surface area contributed by atoms with Gasteiger partial charge < -0.3 is 0 Å². The number of hydrogen-bond donors (Lipinski definition) is 0. The molecular formula is C12H14N4O. The molecule has 5 heteroatoms. The fourth-order valence-corrected chi connectivity index (χ4v) is 1.57. The second kappa shape index (κ2) is 4.08. The van der Waals surface area contributed by atoms with Crippen molar-refractivity contribution in [1.82, 2.24) is 19.7 Å². The van der Waals surface area contributed by atoms with Gasteiger partial charge in [-0.25, -0.2) is 14.6 Å². The summed E-state index contributed by atoms with van der Waals surface area (Å²) < 4.78 is 1.53. The van der Waals surface area contributed by atoms with Gasteiger partial charge in [0.2, 0.25) is 5.95 Å². The standard InChI is InChI=1S/C12H14N4O/c1-12(2,3)10-9(8-17)7-16(15-10)11-13-5-4-6-14-11/h4-8H,1-3H3. The highest BCUT2D eigenvalue weighted by atomic mass is 16.1. The van der Waals surface area contributed by atoms with Crippen LogP contribution in [0, 0.1) is 0 Å². The molecule has 0 aliphatic heterocycles. The summed E-state index contributed by atoms with van der Waals surface area (Å²) in [7, 11) is 0. The van der Waals surface area contributed by atoms with Gasteiger partial charge in [-0.1, -0.05) is 20.8 Å². The first-order chi connectivity index (χ1) is 8.02. The van der Waals surface area contributed by atoms with E-state index in [-0.39, 0.29) is 5.41 Å². The Labute approximate surface area is 99.5 Å². The molecule has 0 radical (unpaired) electrons. The van der Waals surface area contributed by atoms with Crippen LogP contribution in [-0.2, 0) is 5.41 Å². The van der Waals surface area contributed by atoms with Gasteiger partial charge in [-0.2, -0.15) is 5.10 Å². The monoisotopic (exact) mass is 230 g/mol. The number of aldehydes is 1. The van der Waals surface area contributed by atoms with E-state index < -0.39 is 0 Å². The number of carbonyl (C=O) groups excluding carboxylic acids is 1. The smallest absolute Gasteiger partial charge is 0.250 e. The molecule has 2 aromatic rings. The third-order valence-corrected chi connectivity index (χ3v) is 2.34. The summed E-state index contributed by atoms with van der Waals surface area (Å²) in [5.41, 5.74) is 1.14. The molecule has 0 saturated heterocycles. The molecule has 0 amide bonds. The molecule has 0 unspecified atom stereocenters. The number of rotatable bonds is 2. The Morgan fingerprint density at radius 1 is 1.24 bits per heavy atom. The molecule has 5 nitrogen and oxygen atoms in total. The van der Waals surface area contributed by atoms with Gasteiger partial charge in [0.15, 0.2) is 6.29 Å². The molecule has 0 fully saturated rings. The van der Waals surface area contributed by atoms with E-state index in [0.717, 1.165) is 12.0 Å². The molecule has 17 heavy (non-hydrogen) atoms. The quantitative estimate of drug-likeness (QED) is 0.738. The first kappa shape index (κ1) is 11.4. The molecular weight excluding hydrogens is 216 g/mol. The Kier molecular flexibility index (Phi) is 2.75. The molecule has 0 N–H and O–H groups in total. The Bertz CT molecular complexity index is 525. The van der Waals surface area contributed by atoms with Crippen molar-refractivity contribution >= 4 is 6.29 Å². The van der Waals surface area contributed by atoms with Gasteiger partial charge >= 0.3 is 0 Å². The summed E-state index contributed by atoms with van der Waals surface area (Å²) in [6.45, 7) is 6.04. The second-order valence-electron chi connectivity index (χ2n) is 4.79. The second-order valence-corrected chi connectivity index (χ2v) is 4.79. The SMILES string of the molecule is CC(C)(C)c1nn(-c2ncccn2)cc1C=O. The van der Waals surface area contributed by atoms with Gasteiger partial charge in [0, 0.05) is 24.0 Å². The van der Waals surface area contributed by atoms with Crippen molar-refractivity contribution in [2.24, 2.45) is 0 Å². The zero-order valence-corrected chi connectivity index (χ0v) is 10.1. The van der Waals surface area contributed by atoms with Gasteiger partial charge in [0.25, 0.3) is 0 Å². The number of carbonyl (C=O) groups is 1. The number of aromatic nitrogens is 4. The molecule has 0 aromatic carbocycles. The molecule has 0 aliphatic rings. The highest BCUT2D eigenvalue weighted by Crippen LogP contribution is 2.23. The molecule has 88 valence electrons. The summed E-state index contributed by atoms with van der Waals surface area (Å²) in [5, 5.41) is 4.38. The Hall–Kier alpha value is -2.04. The third kappa shape index (κ3) is 2.22. The molecule has 0 saturated carbocycles. The van der Waals surface area contributed by atoms with Crippen molar-refractivity contribution in [2.45, 2.75) is 26.2 Å². The van der Waals surface area contributed by atoms with Crippen LogP contribution >= 0.6 is 0 Å². The van der Waals surface area contributed by atoms with Crippen LogP contribution in [0.25, 0.3) is 5.95 Å². The zero-order chi connectivity index (χ0) is 12.5. The average molecular weight is 230 g/mol.